The lowest BCUT2D eigenvalue weighted by molar-refractivity contribution is 0.103. The summed E-state index contributed by atoms with van der Waals surface area (Å²) < 4.78 is 0. The molecule has 1 aliphatic rings. The highest BCUT2D eigenvalue weighted by atomic mass is 35.5. The number of halogens is 1. The lowest BCUT2D eigenvalue weighted by Gasteiger charge is -2.20. The summed E-state index contributed by atoms with van der Waals surface area (Å²) in [6.07, 6.45) is 1.96. The van der Waals surface area contributed by atoms with Crippen molar-refractivity contribution in [3.05, 3.63) is 51.5 Å². The monoisotopic (exact) mass is 373 g/mol. The first-order chi connectivity index (χ1) is 12.0. The smallest absolute Gasteiger partial charge is 0.267 e. The van der Waals surface area contributed by atoms with Crippen molar-refractivity contribution >= 4 is 50.4 Å². The third-order valence-electron chi connectivity index (χ3n) is 4.41. The fourth-order valence-electron chi connectivity index (χ4n) is 3.11. The molecule has 7 heteroatoms. The van der Waals surface area contributed by atoms with Crippen LogP contribution >= 0.6 is 22.9 Å². The van der Waals surface area contributed by atoms with Crippen LogP contribution in [0, 0.1) is 0 Å². The molecule has 2 heterocycles. The SMILES string of the molecule is Nc1c(C(=O)Nc2ccccc2Cl)sc2nc3c(cc12)C(O)CCC3. The number of carbonyl (C=O) groups is 1. The predicted octanol–water partition coefficient (Wildman–Crippen LogP) is 4.15. The van der Waals surface area contributed by atoms with Crippen molar-refractivity contribution in [2.24, 2.45) is 0 Å². The number of hydrogen-bond acceptors (Lipinski definition) is 5. The van der Waals surface area contributed by atoms with Crippen LogP contribution in [0.25, 0.3) is 10.2 Å². The summed E-state index contributed by atoms with van der Waals surface area (Å²) in [5.74, 6) is -0.313. The molecule has 0 fully saturated rings. The highest BCUT2D eigenvalue weighted by Gasteiger charge is 2.24. The number of nitrogens with zero attached hydrogens (tertiary/aromatic N) is 1. The highest BCUT2D eigenvalue weighted by Crippen LogP contribution is 2.38. The number of nitrogens with one attached hydrogen (secondary N) is 1. The van der Waals surface area contributed by atoms with Crippen molar-refractivity contribution in [1.82, 2.24) is 4.98 Å². The number of nitrogen functional groups attached to an aromatic ring is 1. The third-order valence-corrected chi connectivity index (χ3v) is 5.86. The molecule has 2 aromatic heterocycles. The molecule has 4 N–H and O–H groups in total. The van der Waals surface area contributed by atoms with Crippen LogP contribution in [0.15, 0.2) is 30.3 Å². The molecule has 0 radical (unpaired) electrons. The van der Waals surface area contributed by atoms with E-state index in [2.05, 4.69) is 10.3 Å². The van der Waals surface area contributed by atoms with Gasteiger partial charge in [0.2, 0.25) is 0 Å². The molecule has 1 amide bonds. The Labute approximate surface area is 153 Å². The van der Waals surface area contributed by atoms with E-state index in [4.69, 9.17) is 17.3 Å². The number of nitrogens with two attached hydrogens (primary N) is 1. The second-order valence-electron chi connectivity index (χ2n) is 6.06. The average molecular weight is 374 g/mol. The highest BCUT2D eigenvalue weighted by molar-refractivity contribution is 7.21. The van der Waals surface area contributed by atoms with Crippen LogP contribution in [0.3, 0.4) is 0 Å². The minimum Gasteiger partial charge on any atom is -0.397 e. The zero-order valence-electron chi connectivity index (χ0n) is 13.3. The van der Waals surface area contributed by atoms with Crippen LogP contribution in [-0.4, -0.2) is 16.0 Å². The number of aromatic nitrogens is 1. The van der Waals surface area contributed by atoms with Crippen LogP contribution in [0.5, 0.6) is 0 Å². The Morgan fingerprint density at radius 1 is 1.40 bits per heavy atom. The number of hydrogen-bond donors (Lipinski definition) is 3. The molecule has 0 bridgehead atoms. The Bertz CT molecular complexity index is 986. The topological polar surface area (TPSA) is 88.2 Å². The summed E-state index contributed by atoms with van der Waals surface area (Å²) in [7, 11) is 0. The van der Waals surface area contributed by atoms with Gasteiger partial charge in [0, 0.05) is 16.6 Å². The molecular formula is C18H16ClN3O2S. The van der Waals surface area contributed by atoms with Gasteiger partial charge in [0.05, 0.1) is 22.5 Å². The summed E-state index contributed by atoms with van der Waals surface area (Å²) in [6.45, 7) is 0. The van der Waals surface area contributed by atoms with Crippen molar-refractivity contribution in [2.45, 2.75) is 25.4 Å². The molecule has 1 aromatic carbocycles. The number of thiophene rings is 1. The molecule has 5 nitrogen and oxygen atoms in total. The number of benzene rings is 1. The van der Waals surface area contributed by atoms with Gasteiger partial charge in [-0.1, -0.05) is 23.7 Å². The van der Waals surface area contributed by atoms with E-state index in [1.165, 1.54) is 11.3 Å². The maximum absolute atomic E-state index is 12.6. The first kappa shape index (κ1) is 16.3. The summed E-state index contributed by atoms with van der Waals surface area (Å²) in [6, 6.07) is 8.91. The van der Waals surface area contributed by atoms with Crippen molar-refractivity contribution in [1.29, 1.82) is 0 Å². The molecule has 0 spiro atoms. The number of aliphatic hydroxyl groups excluding tert-OH is 1. The molecule has 0 saturated carbocycles. The third kappa shape index (κ3) is 2.86. The molecule has 128 valence electrons. The molecule has 4 rings (SSSR count). The van der Waals surface area contributed by atoms with E-state index in [9.17, 15) is 9.90 Å². The fourth-order valence-corrected chi connectivity index (χ4v) is 4.28. The summed E-state index contributed by atoms with van der Waals surface area (Å²) in [5.41, 5.74) is 8.84. The average Bonchev–Trinajstić information content (AvgIpc) is 2.92. The molecule has 25 heavy (non-hydrogen) atoms. The Kier molecular flexibility index (Phi) is 4.11. The maximum Gasteiger partial charge on any atom is 0.267 e. The van der Waals surface area contributed by atoms with Gasteiger partial charge in [0.15, 0.2) is 0 Å². The van der Waals surface area contributed by atoms with Crippen molar-refractivity contribution in [2.75, 3.05) is 11.1 Å². The molecule has 0 aliphatic heterocycles. The first-order valence-corrected chi connectivity index (χ1v) is 9.20. The normalized spacial score (nSPS) is 16.6. The van der Waals surface area contributed by atoms with Crippen LogP contribution in [0.4, 0.5) is 11.4 Å². The van der Waals surface area contributed by atoms with E-state index >= 15 is 0 Å². The number of aliphatic hydroxyl groups is 1. The minimum atomic E-state index is -0.514. The van der Waals surface area contributed by atoms with Gasteiger partial charge in [-0.05, 0) is 37.5 Å². The molecule has 1 unspecified atom stereocenters. The number of amides is 1. The van der Waals surface area contributed by atoms with Crippen LogP contribution in [0.1, 0.15) is 39.9 Å². The number of anilines is 2. The van der Waals surface area contributed by atoms with Crippen LogP contribution < -0.4 is 11.1 Å². The standard InChI is InChI=1S/C18H16ClN3O2S/c19-11-4-1-2-5-13(11)21-17(24)16-15(20)10-8-9-12(22-18(10)25-16)6-3-7-14(9)23/h1-2,4-5,8,14,23H,3,6-7,20H2,(H,21,24). The van der Waals surface area contributed by atoms with Gasteiger partial charge >= 0.3 is 0 Å². The number of pyridine rings is 1. The lowest BCUT2D eigenvalue weighted by Crippen LogP contribution is -2.12. The van der Waals surface area contributed by atoms with Crippen LogP contribution in [0.2, 0.25) is 5.02 Å². The Morgan fingerprint density at radius 3 is 3.00 bits per heavy atom. The Balaban J connectivity index is 1.74. The number of para-hydroxylation sites is 1. The van der Waals surface area contributed by atoms with Gasteiger partial charge < -0.3 is 16.2 Å². The lowest BCUT2D eigenvalue weighted by atomic mass is 9.93. The van der Waals surface area contributed by atoms with Gasteiger partial charge in [-0.3, -0.25) is 4.79 Å². The summed E-state index contributed by atoms with van der Waals surface area (Å²) in [5, 5.41) is 14.2. The molecule has 3 aromatic rings. The van der Waals surface area contributed by atoms with Crippen molar-refractivity contribution < 1.29 is 9.90 Å². The molecular weight excluding hydrogens is 358 g/mol. The largest absolute Gasteiger partial charge is 0.397 e. The Hall–Kier alpha value is -2.15. The van der Waals surface area contributed by atoms with Gasteiger partial charge in [0.25, 0.3) is 5.91 Å². The maximum atomic E-state index is 12.6. The zero-order chi connectivity index (χ0) is 17.6. The van der Waals surface area contributed by atoms with Gasteiger partial charge in [-0.15, -0.1) is 11.3 Å². The van der Waals surface area contributed by atoms with Gasteiger partial charge in [-0.2, -0.15) is 0 Å². The fraction of sp³-hybridized carbons (Fsp3) is 0.222. The first-order valence-electron chi connectivity index (χ1n) is 8.00. The van der Waals surface area contributed by atoms with E-state index in [0.29, 0.717) is 26.7 Å². The van der Waals surface area contributed by atoms with E-state index in [-0.39, 0.29) is 5.91 Å². The number of fused-ring (bicyclic) bond motifs is 2. The second kappa shape index (κ2) is 6.29. The van der Waals surface area contributed by atoms with E-state index in [1.807, 2.05) is 6.07 Å². The summed E-state index contributed by atoms with van der Waals surface area (Å²) >= 11 is 7.35. The minimum absolute atomic E-state index is 0.313. The van der Waals surface area contributed by atoms with Gasteiger partial charge in [-0.25, -0.2) is 4.98 Å². The molecule has 1 atom stereocenters. The van der Waals surface area contributed by atoms with Crippen LogP contribution in [-0.2, 0) is 6.42 Å². The van der Waals surface area contributed by atoms with Crippen molar-refractivity contribution in [3.63, 3.8) is 0 Å². The van der Waals surface area contributed by atoms with E-state index in [0.717, 1.165) is 35.4 Å². The predicted molar refractivity (Wildman–Crippen MR) is 101 cm³/mol. The Morgan fingerprint density at radius 2 is 2.20 bits per heavy atom. The van der Waals surface area contributed by atoms with Crippen molar-refractivity contribution in [3.8, 4) is 0 Å². The second-order valence-corrected chi connectivity index (χ2v) is 7.47. The molecule has 0 saturated heterocycles. The molecule has 1 aliphatic carbocycles. The van der Waals surface area contributed by atoms with E-state index in [1.54, 1.807) is 24.3 Å². The number of rotatable bonds is 2. The van der Waals surface area contributed by atoms with E-state index < -0.39 is 6.10 Å². The summed E-state index contributed by atoms with van der Waals surface area (Å²) in [4.78, 5) is 18.4. The number of aryl methyl sites for hydroxylation is 1. The zero-order valence-corrected chi connectivity index (χ0v) is 14.8. The quantitative estimate of drug-likeness (QED) is 0.629. The number of carbonyl (C=O) groups excluding carboxylic acids is 1. The van der Waals surface area contributed by atoms with Gasteiger partial charge in [0.1, 0.15) is 9.71 Å².